The van der Waals surface area contributed by atoms with E-state index >= 15 is 0 Å². The van der Waals surface area contributed by atoms with E-state index in [0.717, 1.165) is 6.42 Å². The molecule has 0 aromatic carbocycles. The number of carbonyl (C=O) groups is 1. The van der Waals surface area contributed by atoms with Gasteiger partial charge >= 0.3 is 5.97 Å². The van der Waals surface area contributed by atoms with Crippen molar-refractivity contribution in [3.63, 3.8) is 0 Å². The fraction of sp³-hybridized carbons (Fsp3) is 0.974. The van der Waals surface area contributed by atoms with E-state index in [0.29, 0.717) is 19.3 Å². The second-order valence-electron chi connectivity index (χ2n) is 17.2. The zero-order chi connectivity index (χ0) is 39.5. The molecule has 52 heavy (non-hydrogen) atoms. The van der Waals surface area contributed by atoms with Gasteiger partial charge in [0.15, 0.2) is 12.6 Å². The van der Waals surface area contributed by atoms with Gasteiger partial charge in [-0.05, 0) is 93.2 Å². The zero-order valence-corrected chi connectivity index (χ0v) is 34.4. The highest BCUT2D eigenvalue weighted by Crippen LogP contribution is 2.42. The van der Waals surface area contributed by atoms with Crippen LogP contribution in [0, 0.1) is 23.7 Å². The summed E-state index contributed by atoms with van der Waals surface area (Å²) in [7, 11) is 7.00. The maximum Gasteiger partial charge on any atom is 0.311 e. The second-order valence-corrected chi connectivity index (χ2v) is 17.2. The van der Waals surface area contributed by atoms with Gasteiger partial charge in [0.2, 0.25) is 0 Å². The molecule has 4 N–H and O–H groups in total. The van der Waals surface area contributed by atoms with Crippen molar-refractivity contribution in [3.05, 3.63) is 0 Å². The predicted molar refractivity (Wildman–Crippen MR) is 195 cm³/mol. The van der Waals surface area contributed by atoms with Gasteiger partial charge in [0, 0.05) is 32.6 Å². The molecule has 306 valence electrons. The monoisotopic (exact) mass is 748 g/mol. The first kappa shape index (κ1) is 45.4. The molecule has 0 radical (unpaired) electrons. The van der Waals surface area contributed by atoms with Gasteiger partial charge in [-0.15, -0.1) is 0 Å². The Morgan fingerprint density at radius 2 is 1.48 bits per heavy atom. The number of esters is 1. The normalized spacial score (nSPS) is 49.2. The quantitative estimate of drug-likeness (QED) is 0.266. The van der Waals surface area contributed by atoms with Crippen LogP contribution in [-0.2, 0) is 38.0 Å². The molecule has 0 aromatic rings. The molecule has 0 amide bonds. The Bertz CT molecular complexity index is 1130. The molecule has 0 aromatic heterocycles. The number of aliphatic hydroxyl groups is 4. The van der Waals surface area contributed by atoms with Crippen LogP contribution in [-0.4, -0.2) is 144 Å². The van der Waals surface area contributed by atoms with Crippen LogP contribution < -0.4 is 0 Å². The van der Waals surface area contributed by atoms with Crippen molar-refractivity contribution in [3.8, 4) is 0 Å². The molecule has 13 nitrogen and oxygen atoms in total. The van der Waals surface area contributed by atoms with Crippen molar-refractivity contribution < 1.29 is 58.4 Å². The maximum absolute atomic E-state index is 14.2. The number of aliphatic hydroxyl groups excluding tert-OH is 3. The van der Waals surface area contributed by atoms with E-state index in [1.54, 1.807) is 34.8 Å². The number of cyclic esters (lactones) is 1. The van der Waals surface area contributed by atoms with E-state index < -0.39 is 89.9 Å². The minimum atomic E-state index is -1.71. The summed E-state index contributed by atoms with van der Waals surface area (Å²) < 4.78 is 44.4. The third-order valence-electron chi connectivity index (χ3n) is 12.6. The summed E-state index contributed by atoms with van der Waals surface area (Å²) >= 11 is 0. The van der Waals surface area contributed by atoms with Crippen LogP contribution in [0.5, 0.6) is 0 Å². The van der Waals surface area contributed by atoms with Crippen molar-refractivity contribution >= 4 is 5.97 Å². The van der Waals surface area contributed by atoms with E-state index in [2.05, 4.69) is 6.92 Å². The van der Waals surface area contributed by atoms with E-state index in [4.69, 9.17) is 33.2 Å². The van der Waals surface area contributed by atoms with Gasteiger partial charge in [-0.25, -0.2) is 0 Å². The van der Waals surface area contributed by atoms with E-state index in [-0.39, 0.29) is 36.8 Å². The Kier molecular flexibility index (Phi) is 16.0. The highest BCUT2D eigenvalue weighted by atomic mass is 16.7. The van der Waals surface area contributed by atoms with Crippen molar-refractivity contribution in [2.24, 2.45) is 23.7 Å². The summed E-state index contributed by atoms with van der Waals surface area (Å²) in [5.74, 6) is -2.37. The van der Waals surface area contributed by atoms with Gasteiger partial charge in [-0.1, -0.05) is 34.1 Å². The number of ether oxygens (including phenoxy) is 7. The van der Waals surface area contributed by atoms with Crippen LogP contribution in [0.25, 0.3) is 0 Å². The fourth-order valence-electron chi connectivity index (χ4n) is 8.84. The van der Waals surface area contributed by atoms with Crippen LogP contribution in [0.4, 0.5) is 0 Å². The van der Waals surface area contributed by atoms with Gasteiger partial charge in [-0.2, -0.15) is 0 Å². The number of nitrogens with zero attached hydrogens (tertiary/aromatic N) is 1. The van der Waals surface area contributed by atoms with Gasteiger partial charge < -0.3 is 58.5 Å². The van der Waals surface area contributed by atoms with Crippen LogP contribution in [0.1, 0.15) is 108 Å². The Labute approximate surface area is 312 Å². The average Bonchev–Trinajstić information content (AvgIpc) is 3.08. The predicted octanol–water partition coefficient (Wildman–Crippen LogP) is 3.65. The second kappa shape index (κ2) is 18.3. The Balaban J connectivity index is 2.19. The maximum atomic E-state index is 14.2. The lowest BCUT2D eigenvalue weighted by atomic mass is 9.76. The Morgan fingerprint density at radius 3 is 2.04 bits per heavy atom. The molecule has 0 bridgehead atoms. The van der Waals surface area contributed by atoms with Crippen LogP contribution in [0.2, 0.25) is 0 Å². The number of hydrogen-bond donors (Lipinski definition) is 4. The van der Waals surface area contributed by atoms with Crippen molar-refractivity contribution in [2.45, 2.75) is 192 Å². The fourth-order valence-corrected chi connectivity index (χ4v) is 8.84. The third-order valence-corrected chi connectivity index (χ3v) is 12.6. The number of methoxy groups -OCH3 is 2. The summed E-state index contributed by atoms with van der Waals surface area (Å²) in [6.07, 6.45) is -5.56. The minimum absolute atomic E-state index is 0.0849. The summed E-state index contributed by atoms with van der Waals surface area (Å²) in [5, 5.41) is 45.7. The average molecular weight is 748 g/mol. The molecular weight excluding hydrogens is 674 g/mol. The number of rotatable bonds is 8. The Hall–Kier alpha value is -0.970. The number of carbonyl (C=O) groups excluding carboxylic acids is 1. The zero-order valence-electron chi connectivity index (χ0n) is 34.4. The van der Waals surface area contributed by atoms with Crippen molar-refractivity contribution in [2.75, 3.05) is 28.3 Å². The van der Waals surface area contributed by atoms with E-state index in [1.165, 1.54) is 14.0 Å². The van der Waals surface area contributed by atoms with Crippen LogP contribution >= 0.6 is 0 Å². The van der Waals surface area contributed by atoms with Gasteiger partial charge in [0.1, 0.15) is 23.9 Å². The third kappa shape index (κ3) is 10.1. The van der Waals surface area contributed by atoms with Gasteiger partial charge in [0.05, 0.1) is 47.6 Å². The first-order chi connectivity index (χ1) is 24.1. The van der Waals surface area contributed by atoms with Gasteiger partial charge in [0.25, 0.3) is 0 Å². The molecule has 18 atom stereocenters. The van der Waals surface area contributed by atoms with Crippen molar-refractivity contribution in [1.82, 2.24) is 4.90 Å². The molecule has 3 rings (SSSR count). The summed E-state index contributed by atoms with van der Waals surface area (Å²) in [5.41, 5.74) is -3.68. The lowest BCUT2D eigenvalue weighted by Crippen LogP contribution is -2.60. The lowest BCUT2D eigenvalue weighted by Gasteiger charge is -2.49. The van der Waals surface area contributed by atoms with Crippen LogP contribution in [0.3, 0.4) is 0 Å². The SMILES string of the molecule is CC[C@H]1OC(=O)[C@H](C)[C@@H](O[C@H]2C[C@@](C)(OC)[C@@H](O)[C@H](C)O2)[C@H](C)[C@@H](O[C@@H]2O[C@H](C)C[C@H](N(C)C)[C@H]2O)[C@](C)(OC)C[C@@H](C)CC[C@H](C)[C@@H](O)[C@]1(C)O. The molecule has 0 aliphatic carbocycles. The van der Waals surface area contributed by atoms with Gasteiger partial charge in [-0.3, -0.25) is 4.79 Å². The summed E-state index contributed by atoms with van der Waals surface area (Å²) in [4.78, 5) is 16.2. The highest BCUT2D eigenvalue weighted by Gasteiger charge is 2.53. The molecule has 3 fully saturated rings. The highest BCUT2D eigenvalue weighted by molar-refractivity contribution is 5.73. The smallest absolute Gasteiger partial charge is 0.311 e. The molecule has 3 aliphatic rings. The van der Waals surface area contributed by atoms with Crippen molar-refractivity contribution in [1.29, 1.82) is 0 Å². The lowest BCUT2D eigenvalue weighted by molar-refractivity contribution is -0.319. The molecule has 0 spiro atoms. The molecule has 0 saturated carbocycles. The standard InChI is InChI=1S/C39H73NO12/c1-15-28-39(10,45)32(42)22(3)17-16-21(2)19-38(9,47-14)34(52-36-30(41)27(40(11)12)18-23(4)48-36)24(5)31(25(6)35(44)50-28)51-29-20-37(8,46-13)33(43)26(7)49-29/h21-34,36,41-43,45H,15-20H2,1-14H3/t21-,22-,23+,24-,25+,26-,27-,28+,29-,30+,31-,32+,33-,34+,36-,37+,38+,39+/m0/s1. The largest absolute Gasteiger partial charge is 0.459 e. The van der Waals surface area contributed by atoms with E-state index in [1.807, 2.05) is 46.7 Å². The first-order valence-corrected chi connectivity index (χ1v) is 19.4. The molecule has 3 heterocycles. The molecule has 0 unspecified atom stereocenters. The first-order valence-electron chi connectivity index (χ1n) is 19.4. The number of likely N-dealkylation sites (N-methyl/N-ethyl adjacent to an activating group) is 1. The topological polar surface area (TPSA) is 166 Å². The minimum Gasteiger partial charge on any atom is -0.459 e. The van der Waals surface area contributed by atoms with E-state index in [9.17, 15) is 25.2 Å². The number of hydrogen-bond acceptors (Lipinski definition) is 13. The molecule has 13 heteroatoms. The summed E-state index contributed by atoms with van der Waals surface area (Å²) in [6.45, 7) is 18.5. The molecular formula is C39H73NO12. The summed E-state index contributed by atoms with van der Waals surface area (Å²) in [6, 6.07) is -0.220. The molecule has 3 aliphatic heterocycles. The molecule has 3 saturated heterocycles. The Morgan fingerprint density at radius 1 is 0.865 bits per heavy atom. The van der Waals surface area contributed by atoms with Crippen LogP contribution in [0.15, 0.2) is 0 Å².